The van der Waals surface area contributed by atoms with E-state index >= 15 is 0 Å². The number of rotatable bonds is 2. The molecular formula is C22H28O7. The maximum atomic E-state index is 13.2. The van der Waals surface area contributed by atoms with Crippen LogP contribution in [0.3, 0.4) is 0 Å². The van der Waals surface area contributed by atoms with Gasteiger partial charge in [-0.3, -0.25) is 14.4 Å². The molecule has 0 radical (unpaired) electrons. The number of ether oxygens (including phenoxy) is 3. The lowest BCUT2D eigenvalue weighted by Crippen LogP contribution is -2.53. The molecule has 8 atom stereocenters. The van der Waals surface area contributed by atoms with Crippen molar-refractivity contribution in [2.75, 3.05) is 7.11 Å². The second kappa shape index (κ2) is 5.42. The Kier molecular flexibility index (Phi) is 3.57. The van der Waals surface area contributed by atoms with Crippen LogP contribution < -0.4 is 0 Å². The monoisotopic (exact) mass is 404 g/mol. The number of esters is 3. The maximum Gasteiger partial charge on any atom is 0.315 e. The van der Waals surface area contributed by atoms with Gasteiger partial charge in [0, 0.05) is 18.8 Å². The summed E-state index contributed by atoms with van der Waals surface area (Å²) >= 11 is 0. The van der Waals surface area contributed by atoms with Crippen molar-refractivity contribution >= 4 is 17.9 Å². The molecule has 1 unspecified atom stereocenters. The Hall–Kier alpha value is -1.89. The Morgan fingerprint density at radius 1 is 1.28 bits per heavy atom. The maximum absolute atomic E-state index is 13.2. The molecule has 4 saturated carbocycles. The molecule has 1 heterocycles. The minimum Gasteiger partial charge on any atom is -0.469 e. The third kappa shape index (κ3) is 1.91. The smallest absolute Gasteiger partial charge is 0.315 e. The van der Waals surface area contributed by atoms with Crippen LogP contribution in [-0.4, -0.2) is 47.4 Å². The molecular weight excluding hydrogens is 376 g/mol. The Morgan fingerprint density at radius 3 is 2.66 bits per heavy atom. The van der Waals surface area contributed by atoms with Gasteiger partial charge in [-0.05, 0) is 56.4 Å². The molecule has 29 heavy (non-hydrogen) atoms. The number of carbonyl (C=O) groups excluding carboxylic acids is 3. The quantitative estimate of drug-likeness (QED) is 0.426. The zero-order valence-electron chi connectivity index (χ0n) is 17.2. The van der Waals surface area contributed by atoms with Crippen molar-refractivity contribution in [1.29, 1.82) is 0 Å². The predicted octanol–water partition coefficient (Wildman–Crippen LogP) is 1.91. The molecule has 0 aromatic rings. The van der Waals surface area contributed by atoms with Gasteiger partial charge in [0.15, 0.2) is 0 Å². The lowest BCUT2D eigenvalue weighted by Gasteiger charge is -2.46. The number of methoxy groups -OCH3 is 1. The summed E-state index contributed by atoms with van der Waals surface area (Å²) in [5.41, 5.74) is -2.42. The van der Waals surface area contributed by atoms with E-state index in [1.807, 2.05) is 0 Å². The summed E-state index contributed by atoms with van der Waals surface area (Å²) < 4.78 is 17.2. The highest BCUT2D eigenvalue weighted by molar-refractivity contribution is 5.86. The van der Waals surface area contributed by atoms with Crippen LogP contribution in [0, 0.1) is 28.6 Å². The standard InChI is InChI=1S/C22H28O7/c1-11-9-20-10-21(11,28-12(2)23)7-5-13(20)22-8-6-14(24)19(3,18(26)29-22)16(22)15(20)17(25)27-4/h13-16,24H,1,5-10H2,2-4H3/t13-,14?,15-,16-,19-,20+,21+,22-/m1/s1. The van der Waals surface area contributed by atoms with Crippen molar-refractivity contribution in [3.8, 4) is 0 Å². The molecule has 5 rings (SSSR count). The van der Waals surface area contributed by atoms with Gasteiger partial charge in [-0.25, -0.2) is 0 Å². The van der Waals surface area contributed by atoms with Gasteiger partial charge in [0.05, 0.1) is 24.5 Å². The molecule has 0 aromatic heterocycles. The van der Waals surface area contributed by atoms with Crippen molar-refractivity contribution in [2.24, 2.45) is 28.6 Å². The molecule has 1 spiro atoms. The summed E-state index contributed by atoms with van der Waals surface area (Å²) in [6, 6.07) is 0. The van der Waals surface area contributed by atoms with E-state index in [1.54, 1.807) is 6.92 Å². The van der Waals surface area contributed by atoms with Crippen molar-refractivity contribution in [3.63, 3.8) is 0 Å². The fourth-order valence-electron chi connectivity index (χ4n) is 8.17. The van der Waals surface area contributed by atoms with Gasteiger partial charge in [0.2, 0.25) is 0 Å². The number of carbonyl (C=O) groups is 3. The molecule has 0 aromatic carbocycles. The van der Waals surface area contributed by atoms with Crippen LogP contribution in [0.1, 0.15) is 52.4 Å². The van der Waals surface area contributed by atoms with Crippen LogP contribution in [0.25, 0.3) is 0 Å². The highest BCUT2D eigenvalue weighted by atomic mass is 16.6. The molecule has 5 fully saturated rings. The summed E-state index contributed by atoms with van der Waals surface area (Å²) in [5.74, 6) is -2.27. The summed E-state index contributed by atoms with van der Waals surface area (Å²) in [5, 5.41) is 10.8. The summed E-state index contributed by atoms with van der Waals surface area (Å²) in [4.78, 5) is 38.0. The number of hydrogen-bond acceptors (Lipinski definition) is 7. The van der Waals surface area contributed by atoms with E-state index in [2.05, 4.69) is 6.58 Å². The molecule has 7 heteroatoms. The predicted molar refractivity (Wildman–Crippen MR) is 99.2 cm³/mol. The van der Waals surface area contributed by atoms with Crippen molar-refractivity contribution in [2.45, 2.75) is 69.7 Å². The number of fused-ring (bicyclic) bond motifs is 1. The van der Waals surface area contributed by atoms with Crippen LogP contribution >= 0.6 is 0 Å². The van der Waals surface area contributed by atoms with Crippen LogP contribution in [0.4, 0.5) is 0 Å². The number of aliphatic hydroxyl groups is 1. The second-order valence-electron chi connectivity index (χ2n) is 10.0. The zero-order valence-corrected chi connectivity index (χ0v) is 17.2. The Bertz CT molecular complexity index is 850. The second-order valence-corrected chi connectivity index (χ2v) is 10.0. The highest BCUT2D eigenvalue weighted by Gasteiger charge is 2.84. The van der Waals surface area contributed by atoms with E-state index < -0.39 is 45.9 Å². The van der Waals surface area contributed by atoms with Gasteiger partial charge in [0.1, 0.15) is 11.2 Å². The SMILES string of the molecule is C=C1C[C@]23C[C@@]1(OC(C)=O)CC[C@H]2[C@@]12CCC(O)[C@@](C)(C(=O)O1)[C@H]2[C@@H]3C(=O)OC. The number of aliphatic hydroxyl groups excluding tert-OH is 1. The van der Waals surface area contributed by atoms with Crippen LogP contribution in [-0.2, 0) is 28.6 Å². The van der Waals surface area contributed by atoms with E-state index in [1.165, 1.54) is 14.0 Å². The van der Waals surface area contributed by atoms with Gasteiger partial charge in [0.25, 0.3) is 0 Å². The molecule has 0 amide bonds. The summed E-state index contributed by atoms with van der Waals surface area (Å²) in [7, 11) is 1.36. The van der Waals surface area contributed by atoms with Crippen LogP contribution in [0.2, 0.25) is 0 Å². The topological polar surface area (TPSA) is 99.1 Å². The van der Waals surface area contributed by atoms with Gasteiger partial charge in [-0.15, -0.1) is 0 Å². The first-order valence-electron chi connectivity index (χ1n) is 10.4. The van der Waals surface area contributed by atoms with E-state index in [0.29, 0.717) is 38.5 Å². The summed E-state index contributed by atoms with van der Waals surface area (Å²) in [6.07, 6.45) is 2.45. The number of hydrogen-bond donors (Lipinski definition) is 1. The van der Waals surface area contributed by atoms with Crippen molar-refractivity contribution in [3.05, 3.63) is 12.2 Å². The molecule has 7 nitrogen and oxygen atoms in total. The van der Waals surface area contributed by atoms with Gasteiger partial charge < -0.3 is 19.3 Å². The lowest BCUT2D eigenvalue weighted by atomic mass is 9.59. The van der Waals surface area contributed by atoms with Gasteiger partial charge >= 0.3 is 17.9 Å². The molecule has 4 bridgehead atoms. The van der Waals surface area contributed by atoms with Crippen LogP contribution in [0.5, 0.6) is 0 Å². The van der Waals surface area contributed by atoms with E-state index in [-0.39, 0.29) is 17.9 Å². The van der Waals surface area contributed by atoms with Crippen molar-refractivity contribution < 1.29 is 33.7 Å². The van der Waals surface area contributed by atoms with Crippen molar-refractivity contribution in [1.82, 2.24) is 0 Å². The normalized spacial score (nSPS) is 51.9. The Balaban J connectivity index is 1.70. The zero-order chi connectivity index (χ0) is 21.0. The van der Waals surface area contributed by atoms with E-state index in [0.717, 1.165) is 5.57 Å². The average Bonchev–Trinajstić information content (AvgIpc) is 3.08. The molecule has 4 aliphatic carbocycles. The molecule has 158 valence electrons. The third-order valence-corrected chi connectivity index (χ3v) is 9.06. The van der Waals surface area contributed by atoms with Crippen LogP contribution in [0.15, 0.2) is 12.2 Å². The Labute approximate surface area is 169 Å². The van der Waals surface area contributed by atoms with Gasteiger partial charge in [-0.2, -0.15) is 0 Å². The third-order valence-electron chi connectivity index (χ3n) is 9.06. The first-order valence-corrected chi connectivity index (χ1v) is 10.4. The largest absolute Gasteiger partial charge is 0.469 e. The fourth-order valence-corrected chi connectivity index (χ4v) is 8.17. The van der Waals surface area contributed by atoms with E-state index in [4.69, 9.17) is 14.2 Å². The first-order chi connectivity index (χ1) is 13.6. The molecule has 1 N–H and O–H groups in total. The highest BCUT2D eigenvalue weighted by Crippen LogP contribution is 2.78. The Morgan fingerprint density at radius 2 is 2.00 bits per heavy atom. The molecule has 1 saturated heterocycles. The van der Waals surface area contributed by atoms with E-state index in [9.17, 15) is 19.5 Å². The fraction of sp³-hybridized carbons (Fsp3) is 0.773. The van der Waals surface area contributed by atoms with Gasteiger partial charge in [-0.1, -0.05) is 6.58 Å². The molecule has 5 aliphatic rings. The lowest BCUT2D eigenvalue weighted by molar-refractivity contribution is -0.169. The molecule has 1 aliphatic heterocycles. The minimum absolute atomic E-state index is 0.0506. The first kappa shape index (κ1) is 19.1. The minimum atomic E-state index is -1.14. The average molecular weight is 404 g/mol. The summed E-state index contributed by atoms with van der Waals surface area (Å²) in [6.45, 7) is 7.36.